The maximum atomic E-state index is 14.6. The van der Waals surface area contributed by atoms with Crippen LogP contribution in [-0.4, -0.2) is 96.6 Å². The lowest BCUT2D eigenvalue weighted by atomic mass is 9.55. The SMILES string of the molecule is C=CCO[C@@]12Oc3ccc(OC(=O)NCCCCCCCCCCCC)cc3[C@H]3[C@H](CCCCO)[C@@H](CCCCO)C=C(C(=NOC(C)(C)C)C[C@@H]1N(CCC)C(=O)OCCOCc1ccccc1)[C@H]32. The summed E-state index contributed by atoms with van der Waals surface area (Å²) in [5.74, 6) is -1.23. The van der Waals surface area contributed by atoms with E-state index in [0.29, 0.717) is 56.2 Å². The van der Waals surface area contributed by atoms with E-state index in [1.807, 2.05) is 70.2 Å². The molecule has 13 nitrogen and oxygen atoms in total. The molecule has 13 heteroatoms. The summed E-state index contributed by atoms with van der Waals surface area (Å²) < 4.78 is 32.4. The second kappa shape index (κ2) is 29.8. The molecule has 390 valence electrons. The number of rotatable bonds is 32. The number of benzene rings is 2. The molecule has 1 saturated carbocycles. The zero-order valence-electron chi connectivity index (χ0n) is 43.3. The van der Waals surface area contributed by atoms with Crippen LogP contribution in [0.5, 0.6) is 11.5 Å². The van der Waals surface area contributed by atoms with Gasteiger partial charge in [0.2, 0.25) is 5.79 Å². The Hall–Kier alpha value is -4.43. The number of ether oxygens (including phenoxy) is 5. The normalized spacial score (nSPS) is 22.0. The van der Waals surface area contributed by atoms with Crippen LogP contribution in [0.2, 0.25) is 0 Å². The van der Waals surface area contributed by atoms with E-state index in [2.05, 4.69) is 24.9 Å². The van der Waals surface area contributed by atoms with Crippen LogP contribution < -0.4 is 14.8 Å². The zero-order valence-corrected chi connectivity index (χ0v) is 43.3. The Labute approximate surface area is 419 Å². The van der Waals surface area contributed by atoms with E-state index >= 15 is 0 Å². The van der Waals surface area contributed by atoms with Crippen LogP contribution in [0, 0.1) is 17.8 Å². The smallest absolute Gasteiger partial charge is 0.412 e. The molecule has 6 atom stereocenters. The van der Waals surface area contributed by atoms with Crippen LogP contribution in [0.25, 0.3) is 0 Å². The molecule has 5 rings (SSSR count). The van der Waals surface area contributed by atoms with E-state index in [9.17, 15) is 19.8 Å². The number of carbonyl (C=O) groups is 2. The average Bonchev–Trinajstić information content (AvgIpc) is 3.34. The zero-order chi connectivity index (χ0) is 50.2. The summed E-state index contributed by atoms with van der Waals surface area (Å²) in [6.45, 7) is 16.0. The lowest BCUT2D eigenvalue weighted by Gasteiger charge is -2.60. The predicted octanol–water partition coefficient (Wildman–Crippen LogP) is 12.2. The lowest BCUT2D eigenvalue weighted by molar-refractivity contribution is -0.255. The van der Waals surface area contributed by atoms with Crippen molar-refractivity contribution >= 4 is 17.9 Å². The molecule has 1 aliphatic heterocycles. The average molecular weight is 974 g/mol. The van der Waals surface area contributed by atoms with Crippen molar-refractivity contribution in [1.29, 1.82) is 0 Å². The summed E-state index contributed by atoms with van der Waals surface area (Å²) in [5, 5.41) is 27.9. The van der Waals surface area contributed by atoms with Gasteiger partial charge in [-0.2, -0.15) is 0 Å². The summed E-state index contributed by atoms with van der Waals surface area (Å²) >= 11 is 0. The van der Waals surface area contributed by atoms with Gasteiger partial charge in [0.05, 0.1) is 31.5 Å². The third-order valence-electron chi connectivity index (χ3n) is 13.7. The molecule has 1 heterocycles. The molecular formula is C57H87N3O10. The largest absolute Gasteiger partial charge is 0.459 e. The standard InChI is InChI=1S/C57H87N3O10/c1-7-10-11-12-13-14-15-16-17-23-32-58-54(63)68-45-30-31-50-48(40-45)52-46(29-22-25-35-62)44(28-21-24-34-61)39-47-49(59-70-56(4,5)6)41-51(57(69-50,53(47)52)67-36-9-3)60(33-8-2)55(64)66-38-37-65-42-43-26-19-18-20-27-43/h9,18-20,26-27,30-31,39-40,44,46,51-53,61-62H,3,7-8,10-17,21-25,28-29,32-38,41-42H2,1-2,4-6H3,(H,58,63)/t44-,46+,51-,52+,53+,57+/m0/s1. The molecule has 0 bridgehead atoms. The van der Waals surface area contributed by atoms with Gasteiger partial charge in [-0.05, 0) is 100 Å². The Morgan fingerprint density at radius 3 is 2.26 bits per heavy atom. The van der Waals surface area contributed by atoms with Gasteiger partial charge in [-0.3, -0.25) is 4.90 Å². The second-order valence-corrected chi connectivity index (χ2v) is 20.3. The fourth-order valence-corrected chi connectivity index (χ4v) is 10.5. The first-order valence-electron chi connectivity index (χ1n) is 26.8. The predicted molar refractivity (Wildman–Crippen MR) is 276 cm³/mol. The molecule has 0 aromatic heterocycles. The van der Waals surface area contributed by atoms with Crippen molar-refractivity contribution in [3.05, 3.63) is 84.0 Å². The van der Waals surface area contributed by atoms with Crippen LogP contribution in [0.1, 0.15) is 167 Å². The number of oxime groups is 1. The summed E-state index contributed by atoms with van der Waals surface area (Å²) in [6.07, 6.45) is 20.4. The highest BCUT2D eigenvalue weighted by Crippen LogP contribution is 2.62. The summed E-state index contributed by atoms with van der Waals surface area (Å²) in [6, 6.07) is 14.7. The summed E-state index contributed by atoms with van der Waals surface area (Å²) in [5.41, 5.74) is 2.90. The molecule has 1 fully saturated rings. The maximum Gasteiger partial charge on any atom is 0.412 e. The van der Waals surface area contributed by atoms with Gasteiger partial charge in [0, 0.05) is 44.2 Å². The fraction of sp³-hybridized carbons (Fsp3) is 0.667. The van der Waals surface area contributed by atoms with Crippen LogP contribution in [-0.2, 0) is 25.7 Å². The molecule has 2 aromatic carbocycles. The number of unbranched alkanes of at least 4 members (excludes halogenated alkanes) is 11. The molecule has 3 aliphatic rings. The molecule has 0 radical (unpaired) electrons. The van der Waals surface area contributed by atoms with Crippen LogP contribution in [0.3, 0.4) is 0 Å². The van der Waals surface area contributed by atoms with E-state index < -0.39 is 35.5 Å². The number of nitrogens with zero attached hydrogens (tertiary/aromatic N) is 2. The molecular weight excluding hydrogens is 887 g/mol. The monoisotopic (exact) mass is 974 g/mol. The summed E-state index contributed by atoms with van der Waals surface area (Å²) in [7, 11) is 0. The number of amides is 2. The van der Waals surface area contributed by atoms with E-state index in [4.69, 9.17) is 33.7 Å². The number of hydrogen-bond donors (Lipinski definition) is 3. The van der Waals surface area contributed by atoms with E-state index in [1.165, 1.54) is 44.9 Å². The third kappa shape index (κ3) is 16.6. The minimum absolute atomic E-state index is 0.00522. The molecule has 0 saturated heterocycles. The van der Waals surface area contributed by atoms with Gasteiger partial charge < -0.3 is 44.1 Å². The van der Waals surface area contributed by atoms with Crippen LogP contribution in [0.15, 0.2) is 78.0 Å². The molecule has 0 unspecified atom stereocenters. The lowest BCUT2D eigenvalue weighted by Crippen LogP contribution is -2.70. The van der Waals surface area contributed by atoms with Gasteiger partial charge in [0.25, 0.3) is 0 Å². The summed E-state index contributed by atoms with van der Waals surface area (Å²) in [4.78, 5) is 35.9. The number of carbonyl (C=O) groups excluding carboxylic acids is 2. The number of allylic oxidation sites excluding steroid dienone is 1. The van der Waals surface area contributed by atoms with E-state index in [0.717, 1.165) is 61.6 Å². The number of nitrogens with one attached hydrogen (secondary N) is 1. The number of hydrogen-bond acceptors (Lipinski definition) is 11. The Balaban J connectivity index is 1.52. The third-order valence-corrected chi connectivity index (χ3v) is 13.7. The highest BCUT2D eigenvalue weighted by atomic mass is 16.7. The Kier molecular flexibility index (Phi) is 24.0. The Morgan fingerprint density at radius 1 is 0.886 bits per heavy atom. The van der Waals surface area contributed by atoms with Gasteiger partial charge >= 0.3 is 12.2 Å². The van der Waals surface area contributed by atoms with Gasteiger partial charge in [-0.15, -0.1) is 6.58 Å². The van der Waals surface area contributed by atoms with Crippen molar-refractivity contribution in [2.45, 2.75) is 180 Å². The van der Waals surface area contributed by atoms with E-state index in [-0.39, 0.29) is 57.2 Å². The first-order valence-corrected chi connectivity index (χ1v) is 26.8. The first-order chi connectivity index (χ1) is 34.0. The van der Waals surface area contributed by atoms with Crippen LogP contribution >= 0.6 is 0 Å². The van der Waals surface area contributed by atoms with Gasteiger partial charge in [0.15, 0.2) is 0 Å². The van der Waals surface area contributed by atoms with Crippen molar-refractivity contribution in [3.63, 3.8) is 0 Å². The van der Waals surface area contributed by atoms with Crippen LogP contribution in [0.4, 0.5) is 9.59 Å². The Bertz CT molecular complexity index is 1930. The number of aliphatic hydroxyl groups excluding tert-OH is 2. The highest BCUT2D eigenvalue weighted by molar-refractivity contribution is 6.03. The van der Waals surface area contributed by atoms with E-state index in [1.54, 1.807) is 17.0 Å². The van der Waals surface area contributed by atoms with Crippen molar-refractivity contribution in [1.82, 2.24) is 10.2 Å². The molecule has 2 aromatic rings. The fourth-order valence-electron chi connectivity index (χ4n) is 10.5. The quantitative estimate of drug-likeness (QED) is 0.0366. The molecule has 0 spiro atoms. The van der Waals surface area contributed by atoms with Crippen molar-refractivity contribution in [2.24, 2.45) is 22.9 Å². The van der Waals surface area contributed by atoms with Gasteiger partial charge in [0.1, 0.15) is 29.7 Å². The molecule has 2 amide bonds. The van der Waals surface area contributed by atoms with Gasteiger partial charge in [-0.1, -0.05) is 132 Å². The molecule has 3 N–H and O–H groups in total. The number of aliphatic hydroxyl groups is 2. The molecule has 2 aliphatic carbocycles. The highest BCUT2D eigenvalue weighted by Gasteiger charge is 2.65. The van der Waals surface area contributed by atoms with Crippen molar-refractivity contribution in [2.75, 3.05) is 46.1 Å². The minimum atomic E-state index is -1.45. The topological polar surface area (TPSA) is 158 Å². The van der Waals surface area contributed by atoms with Crippen molar-refractivity contribution in [3.8, 4) is 11.5 Å². The second-order valence-electron chi connectivity index (χ2n) is 20.3. The maximum absolute atomic E-state index is 14.6. The molecule has 70 heavy (non-hydrogen) atoms. The van der Waals surface area contributed by atoms with Crippen molar-refractivity contribution < 1.29 is 48.3 Å². The Morgan fingerprint density at radius 2 is 1.59 bits per heavy atom. The minimum Gasteiger partial charge on any atom is -0.459 e. The first kappa shape index (κ1) is 56.5. The van der Waals surface area contributed by atoms with Gasteiger partial charge in [-0.25, -0.2) is 9.59 Å². The number of fused-ring (bicyclic) bond motifs is 2.